The van der Waals surface area contributed by atoms with Gasteiger partial charge in [-0.25, -0.2) is 0 Å². The summed E-state index contributed by atoms with van der Waals surface area (Å²) in [7, 11) is 0. The Morgan fingerprint density at radius 1 is 1.33 bits per heavy atom. The van der Waals surface area contributed by atoms with Gasteiger partial charge in [-0.15, -0.1) is 0 Å². The Labute approximate surface area is 185 Å². The number of aryl methyl sites for hydroxylation is 1. The Hall–Kier alpha value is -2.62. The van der Waals surface area contributed by atoms with Gasteiger partial charge in [0.2, 0.25) is 0 Å². The topological polar surface area (TPSA) is 71.9 Å². The van der Waals surface area contributed by atoms with E-state index in [9.17, 15) is 4.79 Å². The fraction of sp³-hybridized carbons (Fsp3) is 0.333. The molecule has 4 rings (SSSR count). The zero-order chi connectivity index (χ0) is 21.6. The van der Waals surface area contributed by atoms with Crippen molar-refractivity contribution in [3.05, 3.63) is 68.5 Å². The maximum atomic E-state index is 13.6. The van der Waals surface area contributed by atoms with Crippen molar-refractivity contribution in [2.75, 3.05) is 31.1 Å². The molecule has 154 valence electrons. The van der Waals surface area contributed by atoms with Crippen LogP contribution in [0.25, 0.3) is 6.08 Å². The van der Waals surface area contributed by atoms with Crippen molar-refractivity contribution in [2.45, 2.75) is 26.2 Å². The van der Waals surface area contributed by atoms with Gasteiger partial charge in [0, 0.05) is 64.2 Å². The highest BCUT2D eigenvalue weighted by molar-refractivity contribution is 9.10. The second kappa shape index (κ2) is 7.57. The summed E-state index contributed by atoms with van der Waals surface area (Å²) in [5.41, 5.74) is 6.25. The van der Waals surface area contributed by atoms with Gasteiger partial charge in [0.1, 0.15) is 0 Å². The number of aromatic nitrogens is 1. The monoisotopic (exact) mass is 464 g/mol. The highest BCUT2D eigenvalue weighted by atomic mass is 79.9. The lowest BCUT2D eigenvalue weighted by Gasteiger charge is -2.36. The number of halogens is 1. The fourth-order valence-corrected chi connectivity index (χ4v) is 5.05. The van der Waals surface area contributed by atoms with Crippen molar-refractivity contribution in [3.8, 4) is 6.07 Å². The SMILES string of the molecule is C=C(C#N)/C=C\c1c(C)[nH]c2c1C(=O)c1cc(Br)c(N3CCNCC3)cc1C2(C)C. The van der Waals surface area contributed by atoms with Crippen LogP contribution in [0.15, 0.2) is 34.8 Å². The number of nitrogens with zero attached hydrogens (tertiary/aromatic N) is 2. The molecule has 2 aliphatic rings. The Bertz CT molecular complexity index is 1130. The number of piperazine rings is 1. The molecule has 0 atom stereocenters. The molecule has 2 aromatic rings. The van der Waals surface area contributed by atoms with Gasteiger partial charge in [-0.05, 0) is 46.6 Å². The predicted octanol–water partition coefficient (Wildman–Crippen LogP) is 4.46. The van der Waals surface area contributed by atoms with Crippen LogP contribution >= 0.6 is 15.9 Å². The van der Waals surface area contributed by atoms with E-state index < -0.39 is 0 Å². The molecule has 0 amide bonds. The van der Waals surface area contributed by atoms with Gasteiger partial charge in [-0.3, -0.25) is 4.79 Å². The van der Waals surface area contributed by atoms with Crippen LogP contribution in [0.4, 0.5) is 5.69 Å². The summed E-state index contributed by atoms with van der Waals surface area (Å²) in [6.45, 7) is 13.8. The number of hydrogen-bond donors (Lipinski definition) is 2. The van der Waals surface area contributed by atoms with Crippen molar-refractivity contribution in [1.29, 1.82) is 5.26 Å². The van der Waals surface area contributed by atoms with Crippen LogP contribution in [0.5, 0.6) is 0 Å². The maximum Gasteiger partial charge on any atom is 0.195 e. The summed E-state index contributed by atoms with van der Waals surface area (Å²) in [6, 6.07) is 6.17. The van der Waals surface area contributed by atoms with E-state index in [2.05, 4.69) is 57.6 Å². The van der Waals surface area contributed by atoms with E-state index in [4.69, 9.17) is 5.26 Å². The van der Waals surface area contributed by atoms with Crippen LogP contribution < -0.4 is 10.2 Å². The molecule has 0 radical (unpaired) electrons. The summed E-state index contributed by atoms with van der Waals surface area (Å²) >= 11 is 3.72. The van der Waals surface area contributed by atoms with Gasteiger partial charge in [0.15, 0.2) is 5.78 Å². The number of hydrogen-bond acceptors (Lipinski definition) is 4. The van der Waals surface area contributed by atoms with Crippen molar-refractivity contribution in [3.63, 3.8) is 0 Å². The Morgan fingerprint density at radius 3 is 2.70 bits per heavy atom. The minimum atomic E-state index is -0.356. The molecule has 0 unspecified atom stereocenters. The number of nitrogens with one attached hydrogen (secondary N) is 2. The summed E-state index contributed by atoms with van der Waals surface area (Å²) in [5, 5.41) is 12.4. The Balaban J connectivity index is 1.86. The van der Waals surface area contributed by atoms with Crippen LogP contribution in [0.1, 0.15) is 52.3 Å². The molecule has 0 bridgehead atoms. The van der Waals surface area contributed by atoms with Gasteiger partial charge in [-0.1, -0.05) is 26.5 Å². The van der Waals surface area contributed by atoms with Crippen LogP contribution in [0.3, 0.4) is 0 Å². The van der Waals surface area contributed by atoms with Crippen molar-refractivity contribution < 1.29 is 4.79 Å². The van der Waals surface area contributed by atoms with E-state index in [1.54, 1.807) is 6.08 Å². The van der Waals surface area contributed by atoms with Crippen LogP contribution in [0.2, 0.25) is 0 Å². The molecule has 2 N–H and O–H groups in total. The number of aromatic amines is 1. The lowest BCUT2D eigenvalue weighted by atomic mass is 9.71. The number of ketones is 1. The molecule has 0 saturated carbocycles. The minimum absolute atomic E-state index is 0.0125. The van der Waals surface area contributed by atoms with Crippen LogP contribution in [-0.2, 0) is 5.41 Å². The third-order valence-electron chi connectivity index (χ3n) is 6.15. The molecule has 1 aliphatic heterocycles. The van der Waals surface area contributed by atoms with Crippen LogP contribution in [0, 0.1) is 18.3 Å². The van der Waals surface area contributed by atoms with Gasteiger partial charge in [-0.2, -0.15) is 5.26 Å². The second-order valence-corrected chi connectivity index (χ2v) is 9.28. The largest absolute Gasteiger partial charge is 0.368 e. The third kappa shape index (κ3) is 3.23. The van der Waals surface area contributed by atoms with E-state index in [0.717, 1.165) is 64.4 Å². The summed E-state index contributed by atoms with van der Waals surface area (Å²) < 4.78 is 0.943. The average molecular weight is 465 g/mol. The van der Waals surface area contributed by atoms with E-state index in [1.807, 2.05) is 25.1 Å². The standard InChI is InChI=1S/C24H25BrN4O/c1-14(13-26)5-6-16-15(2)28-23-21(16)22(30)17-11-19(25)20(12-18(17)24(23,3)4)29-9-7-27-8-10-29/h5-6,11-12,27-28H,1,7-10H2,2-4H3/b6-5-. The maximum absolute atomic E-state index is 13.6. The normalized spacial score (nSPS) is 17.6. The number of nitriles is 1. The molecule has 1 aromatic carbocycles. The number of benzene rings is 1. The van der Waals surface area contributed by atoms with E-state index in [0.29, 0.717) is 11.1 Å². The molecule has 0 spiro atoms. The minimum Gasteiger partial charge on any atom is -0.368 e. The van der Waals surface area contributed by atoms with Gasteiger partial charge in [0.05, 0.1) is 17.3 Å². The Kier molecular flexibility index (Phi) is 5.21. The molecule has 6 heteroatoms. The first-order valence-electron chi connectivity index (χ1n) is 10.1. The first-order valence-corrected chi connectivity index (χ1v) is 10.9. The number of anilines is 1. The highest BCUT2D eigenvalue weighted by Gasteiger charge is 2.41. The molecular weight excluding hydrogens is 440 g/mol. The van der Waals surface area contributed by atoms with Crippen LogP contribution in [-0.4, -0.2) is 36.9 Å². The second-order valence-electron chi connectivity index (χ2n) is 8.42. The smallest absolute Gasteiger partial charge is 0.195 e. The number of carbonyl (C=O) groups excluding carboxylic acids is 1. The Morgan fingerprint density at radius 2 is 2.03 bits per heavy atom. The number of carbonyl (C=O) groups is 1. The van der Waals surface area contributed by atoms with E-state index >= 15 is 0 Å². The lowest BCUT2D eigenvalue weighted by Crippen LogP contribution is -2.44. The van der Waals surface area contributed by atoms with Gasteiger partial charge >= 0.3 is 0 Å². The molecule has 2 heterocycles. The quantitative estimate of drug-likeness (QED) is 0.519. The van der Waals surface area contributed by atoms with Crippen molar-refractivity contribution in [1.82, 2.24) is 10.3 Å². The summed E-state index contributed by atoms with van der Waals surface area (Å²) in [5.74, 6) is 0.0125. The van der Waals surface area contributed by atoms with Gasteiger partial charge < -0.3 is 15.2 Å². The average Bonchev–Trinajstić information content (AvgIpc) is 3.08. The molecule has 1 saturated heterocycles. The number of H-pyrrole nitrogens is 1. The first-order chi connectivity index (χ1) is 14.3. The molecular formula is C24H25BrN4O. The zero-order valence-electron chi connectivity index (χ0n) is 17.5. The number of fused-ring (bicyclic) bond motifs is 2. The molecule has 30 heavy (non-hydrogen) atoms. The van der Waals surface area contributed by atoms with E-state index in [-0.39, 0.29) is 11.2 Å². The highest BCUT2D eigenvalue weighted by Crippen LogP contribution is 2.46. The third-order valence-corrected chi connectivity index (χ3v) is 6.78. The molecule has 1 aromatic heterocycles. The van der Waals surface area contributed by atoms with Gasteiger partial charge in [0.25, 0.3) is 0 Å². The molecule has 5 nitrogen and oxygen atoms in total. The predicted molar refractivity (Wildman–Crippen MR) is 124 cm³/mol. The van der Waals surface area contributed by atoms with Crippen molar-refractivity contribution >= 4 is 33.5 Å². The first kappa shape index (κ1) is 20.6. The molecule has 1 aliphatic carbocycles. The number of rotatable bonds is 3. The lowest BCUT2D eigenvalue weighted by molar-refractivity contribution is 0.103. The zero-order valence-corrected chi connectivity index (χ0v) is 19.1. The number of allylic oxidation sites excluding steroid dienone is 2. The van der Waals surface area contributed by atoms with E-state index in [1.165, 1.54) is 0 Å². The van der Waals surface area contributed by atoms with Crippen molar-refractivity contribution in [2.24, 2.45) is 0 Å². The summed E-state index contributed by atoms with van der Waals surface area (Å²) in [6.07, 6.45) is 3.48. The fourth-order valence-electron chi connectivity index (χ4n) is 4.46. The molecule has 1 fully saturated rings. The summed E-state index contributed by atoms with van der Waals surface area (Å²) in [4.78, 5) is 19.4.